The Morgan fingerprint density at radius 3 is 2.85 bits per heavy atom. The molecule has 0 bridgehead atoms. The predicted molar refractivity (Wildman–Crippen MR) is 82.9 cm³/mol. The van der Waals surface area contributed by atoms with Gasteiger partial charge in [-0.1, -0.05) is 25.1 Å². The summed E-state index contributed by atoms with van der Waals surface area (Å²) in [5, 5.41) is 13.1. The van der Waals surface area contributed by atoms with Gasteiger partial charge in [0.25, 0.3) is 0 Å². The number of fused-ring (bicyclic) bond motifs is 1. The largest absolute Gasteiger partial charge is 0.380 e. The van der Waals surface area contributed by atoms with Crippen molar-refractivity contribution in [1.29, 1.82) is 0 Å². The minimum Gasteiger partial charge on any atom is -0.380 e. The fraction of sp³-hybridized carbons (Fsp3) is 0.500. The zero-order valence-electron chi connectivity index (χ0n) is 12.0. The molecule has 3 rings (SSSR count). The van der Waals surface area contributed by atoms with Gasteiger partial charge >= 0.3 is 0 Å². The van der Waals surface area contributed by atoms with Gasteiger partial charge in [0.15, 0.2) is 0 Å². The lowest BCUT2D eigenvalue weighted by Crippen LogP contribution is -2.39. The summed E-state index contributed by atoms with van der Waals surface area (Å²) < 4.78 is 0. The van der Waals surface area contributed by atoms with E-state index in [2.05, 4.69) is 39.5 Å². The first-order valence-electron chi connectivity index (χ1n) is 7.56. The number of benzene rings is 1. The molecule has 1 aliphatic heterocycles. The van der Waals surface area contributed by atoms with E-state index in [1.165, 1.54) is 44.3 Å². The van der Waals surface area contributed by atoms with Gasteiger partial charge in [0.2, 0.25) is 0 Å². The van der Waals surface area contributed by atoms with Gasteiger partial charge in [-0.25, -0.2) is 0 Å². The lowest BCUT2D eigenvalue weighted by atomic mass is 10.0. The number of anilines is 1. The molecule has 1 fully saturated rings. The molecule has 1 saturated heterocycles. The molecule has 20 heavy (non-hydrogen) atoms. The number of hydrogen-bond donors (Lipinski definition) is 1. The minimum atomic E-state index is 0.552. The summed E-state index contributed by atoms with van der Waals surface area (Å²) in [7, 11) is 0. The molecule has 1 N–H and O–H groups in total. The number of hydrogen-bond acceptors (Lipinski definition) is 4. The molecule has 106 valence electrons. The van der Waals surface area contributed by atoms with Crippen molar-refractivity contribution in [2.24, 2.45) is 0 Å². The maximum Gasteiger partial charge on any atom is 0.0950 e. The molecule has 0 saturated carbocycles. The number of likely N-dealkylation sites (tertiary alicyclic amines) is 1. The van der Waals surface area contributed by atoms with Crippen molar-refractivity contribution in [3.63, 3.8) is 0 Å². The first kappa shape index (κ1) is 13.3. The number of aromatic nitrogens is 2. The Bertz CT molecular complexity index is 556. The average molecular weight is 270 g/mol. The van der Waals surface area contributed by atoms with E-state index in [-0.39, 0.29) is 0 Å². The topological polar surface area (TPSA) is 41.0 Å². The second kappa shape index (κ2) is 6.18. The molecular formula is C16H22N4. The van der Waals surface area contributed by atoms with Crippen LogP contribution in [0, 0.1) is 0 Å². The van der Waals surface area contributed by atoms with Crippen LogP contribution in [0.4, 0.5) is 5.69 Å². The molecule has 4 heteroatoms. The van der Waals surface area contributed by atoms with E-state index in [0.717, 1.165) is 11.2 Å². The van der Waals surface area contributed by atoms with Crippen LogP contribution in [0.25, 0.3) is 10.9 Å². The monoisotopic (exact) mass is 270 g/mol. The summed E-state index contributed by atoms with van der Waals surface area (Å²) >= 11 is 0. The quantitative estimate of drug-likeness (QED) is 0.927. The van der Waals surface area contributed by atoms with E-state index < -0.39 is 0 Å². The number of nitrogens with zero attached hydrogens (tertiary/aromatic N) is 3. The van der Waals surface area contributed by atoms with Crippen LogP contribution in [-0.2, 0) is 0 Å². The van der Waals surface area contributed by atoms with Gasteiger partial charge in [-0.05, 0) is 31.9 Å². The third-order valence-corrected chi connectivity index (χ3v) is 4.03. The molecule has 0 atom stereocenters. The zero-order chi connectivity index (χ0) is 13.8. The van der Waals surface area contributed by atoms with Crippen molar-refractivity contribution in [3.05, 3.63) is 30.5 Å². The van der Waals surface area contributed by atoms with Gasteiger partial charge in [0.05, 0.1) is 17.4 Å². The second-order valence-electron chi connectivity index (χ2n) is 5.54. The standard InChI is InChI=1S/C16H22N4/c1-2-9-20-10-7-13(8-11-20)18-16-12-17-19-15-6-4-3-5-14(15)16/h3-6,12-13H,2,7-11H2,1H3,(H,18,19). The number of piperidine rings is 1. The lowest BCUT2D eigenvalue weighted by Gasteiger charge is -2.32. The van der Waals surface area contributed by atoms with Crippen molar-refractivity contribution in [2.45, 2.75) is 32.2 Å². The maximum atomic E-state index is 4.17. The Hall–Kier alpha value is -1.68. The second-order valence-corrected chi connectivity index (χ2v) is 5.54. The minimum absolute atomic E-state index is 0.552. The SMILES string of the molecule is CCCN1CCC(Nc2cnnc3ccccc23)CC1. The first-order valence-corrected chi connectivity index (χ1v) is 7.56. The van der Waals surface area contributed by atoms with Crippen molar-refractivity contribution >= 4 is 16.6 Å². The van der Waals surface area contributed by atoms with Crippen molar-refractivity contribution in [1.82, 2.24) is 15.1 Å². The molecule has 0 spiro atoms. The van der Waals surface area contributed by atoms with Crippen LogP contribution in [0.1, 0.15) is 26.2 Å². The first-order chi connectivity index (χ1) is 9.86. The highest BCUT2D eigenvalue weighted by atomic mass is 15.1. The van der Waals surface area contributed by atoms with Gasteiger partial charge in [0, 0.05) is 24.5 Å². The summed E-state index contributed by atoms with van der Waals surface area (Å²) in [6, 6.07) is 8.73. The lowest BCUT2D eigenvalue weighted by molar-refractivity contribution is 0.219. The Balaban J connectivity index is 1.68. The molecule has 2 aromatic rings. The van der Waals surface area contributed by atoms with E-state index in [9.17, 15) is 0 Å². The molecule has 2 heterocycles. The molecule has 1 aromatic heterocycles. The van der Waals surface area contributed by atoms with Crippen LogP contribution in [0.5, 0.6) is 0 Å². The highest BCUT2D eigenvalue weighted by Crippen LogP contribution is 2.23. The Morgan fingerprint density at radius 1 is 1.25 bits per heavy atom. The Morgan fingerprint density at radius 2 is 2.05 bits per heavy atom. The smallest absolute Gasteiger partial charge is 0.0950 e. The summed E-state index contributed by atoms with van der Waals surface area (Å²) in [5.74, 6) is 0. The maximum absolute atomic E-state index is 4.17. The van der Waals surface area contributed by atoms with Crippen molar-refractivity contribution in [2.75, 3.05) is 25.0 Å². The summed E-state index contributed by atoms with van der Waals surface area (Å²) in [6.45, 7) is 5.87. The van der Waals surface area contributed by atoms with E-state index in [4.69, 9.17) is 0 Å². The third kappa shape index (κ3) is 2.90. The summed E-state index contributed by atoms with van der Waals surface area (Å²) in [6.07, 6.45) is 5.51. The van der Waals surface area contributed by atoms with Crippen LogP contribution < -0.4 is 5.32 Å². The van der Waals surface area contributed by atoms with Gasteiger partial charge in [0.1, 0.15) is 0 Å². The molecule has 1 aromatic carbocycles. The highest BCUT2D eigenvalue weighted by molar-refractivity contribution is 5.90. The molecule has 4 nitrogen and oxygen atoms in total. The zero-order valence-corrected chi connectivity index (χ0v) is 12.0. The normalized spacial score (nSPS) is 17.4. The van der Waals surface area contributed by atoms with Crippen molar-refractivity contribution < 1.29 is 0 Å². The number of rotatable bonds is 4. The van der Waals surface area contributed by atoms with Crippen LogP contribution in [0.15, 0.2) is 30.5 Å². The molecule has 1 aliphatic rings. The molecule has 0 aliphatic carbocycles. The van der Waals surface area contributed by atoms with Gasteiger partial charge in [-0.2, -0.15) is 10.2 Å². The van der Waals surface area contributed by atoms with Crippen LogP contribution in [0.3, 0.4) is 0 Å². The van der Waals surface area contributed by atoms with Crippen LogP contribution in [0.2, 0.25) is 0 Å². The third-order valence-electron chi connectivity index (χ3n) is 4.03. The Labute approximate surface area is 120 Å². The Kier molecular flexibility index (Phi) is 4.11. The molecular weight excluding hydrogens is 248 g/mol. The van der Waals surface area contributed by atoms with E-state index in [0.29, 0.717) is 6.04 Å². The fourth-order valence-electron chi connectivity index (χ4n) is 2.96. The van der Waals surface area contributed by atoms with Crippen molar-refractivity contribution in [3.8, 4) is 0 Å². The van der Waals surface area contributed by atoms with E-state index >= 15 is 0 Å². The van der Waals surface area contributed by atoms with Crippen LogP contribution in [-0.4, -0.2) is 40.8 Å². The summed E-state index contributed by atoms with van der Waals surface area (Å²) in [4.78, 5) is 2.56. The van der Waals surface area contributed by atoms with Crippen LogP contribution >= 0.6 is 0 Å². The van der Waals surface area contributed by atoms with Gasteiger partial charge in [-0.15, -0.1) is 0 Å². The summed E-state index contributed by atoms with van der Waals surface area (Å²) in [5.41, 5.74) is 2.07. The van der Waals surface area contributed by atoms with E-state index in [1.54, 1.807) is 0 Å². The molecule has 0 unspecified atom stereocenters. The molecule has 0 radical (unpaired) electrons. The predicted octanol–water partition coefficient (Wildman–Crippen LogP) is 2.92. The highest BCUT2D eigenvalue weighted by Gasteiger charge is 2.18. The fourth-order valence-corrected chi connectivity index (χ4v) is 2.96. The van der Waals surface area contributed by atoms with Gasteiger partial charge < -0.3 is 10.2 Å². The molecule has 0 amide bonds. The average Bonchev–Trinajstić information content (AvgIpc) is 2.50. The number of nitrogens with one attached hydrogen (secondary N) is 1. The van der Waals surface area contributed by atoms with Gasteiger partial charge in [-0.3, -0.25) is 0 Å². The van der Waals surface area contributed by atoms with E-state index in [1.807, 2.05) is 18.3 Å².